The highest BCUT2D eigenvalue weighted by Crippen LogP contribution is 2.37. The van der Waals surface area contributed by atoms with Gasteiger partial charge in [-0.3, -0.25) is 9.32 Å². The number of hydrogen-bond acceptors (Lipinski definition) is 5. The van der Waals surface area contributed by atoms with E-state index in [1.165, 1.54) is 7.11 Å². The predicted molar refractivity (Wildman–Crippen MR) is 75.1 cm³/mol. The SMILES string of the molecule is COC(=O)C(Cc1ccccc1)NP(=O)(O)OCCC#N. The first-order valence-corrected chi connectivity index (χ1v) is 7.80. The van der Waals surface area contributed by atoms with Gasteiger partial charge in [-0.25, -0.2) is 9.65 Å². The van der Waals surface area contributed by atoms with E-state index in [1.807, 2.05) is 6.07 Å². The number of nitriles is 1. The highest BCUT2D eigenvalue weighted by molar-refractivity contribution is 7.50. The van der Waals surface area contributed by atoms with Crippen molar-refractivity contribution in [1.82, 2.24) is 5.09 Å². The molecule has 0 aromatic heterocycles. The average molecular weight is 312 g/mol. The van der Waals surface area contributed by atoms with Crippen LogP contribution in [0.1, 0.15) is 12.0 Å². The average Bonchev–Trinajstić information content (AvgIpc) is 2.46. The van der Waals surface area contributed by atoms with E-state index < -0.39 is 19.8 Å². The summed E-state index contributed by atoms with van der Waals surface area (Å²) in [5, 5.41) is 10.6. The molecule has 0 fully saturated rings. The lowest BCUT2D eigenvalue weighted by atomic mass is 10.1. The molecule has 0 aliphatic rings. The quantitative estimate of drug-likeness (QED) is 0.424. The molecule has 8 heteroatoms. The summed E-state index contributed by atoms with van der Waals surface area (Å²) < 4.78 is 21.1. The van der Waals surface area contributed by atoms with Gasteiger partial charge >= 0.3 is 13.7 Å². The molecule has 1 rings (SSSR count). The molecule has 0 radical (unpaired) electrons. The minimum absolute atomic E-state index is 0.0200. The zero-order valence-electron chi connectivity index (χ0n) is 11.6. The highest BCUT2D eigenvalue weighted by Gasteiger charge is 2.29. The molecule has 21 heavy (non-hydrogen) atoms. The molecular formula is C13H17N2O5P. The molecule has 0 aliphatic heterocycles. The minimum atomic E-state index is -4.18. The van der Waals surface area contributed by atoms with Crippen LogP contribution < -0.4 is 5.09 Å². The molecule has 0 heterocycles. The number of nitrogens with zero attached hydrogens (tertiary/aromatic N) is 1. The second-order valence-corrected chi connectivity index (χ2v) is 5.71. The molecule has 0 saturated carbocycles. The second-order valence-electron chi connectivity index (χ2n) is 4.16. The van der Waals surface area contributed by atoms with Crippen LogP contribution in [0.5, 0.6) is 0 Å². The van der Waals surface area contributed by atoms with Crippen LogP contribution in [-0.2, 0) is 25.0 Å². The monoisotopic (exact) mass is 312 g/mol. The molecule has 2 unspecified atom stereocenters. The number of rotatable bonds is 8. The third kappa shape index (κ3) is 6.52. The maximum atomic E-state index is 11.8. The second kappa shape index (κ2) is 8.55. The fourth-order valence-electron chi connectivity index (χ4n) is 1.62. The molecule has 114 valence electrons. The Morgan fingerprint density at radius 3 is 2.71 bits per heavy atom. The molecule has 0 bridgehead atoms. The maximum Gasteiger partial charge on any atom is 0.403 e. The van der Waals surface area contributed by atoms with Crippen LogP contribution >= 0.6 is 7.75 Å². The van der Waals surface area contributed by atoms with Gasteiger partial charge in [0.25, 0.3) is 0 Å². The summed E-state index contributed by atoms with van der Waals surface area (Å²) in [7, 11) is -2.99. The number of nitrogens with one attached hydrogen (secondary N) is 1. The van der Waals surface area contributed by atoms with Crippen LogP contribution in [-0.4, -0.2) is 30.6 Å². The normalized spacial score (nSPS) is 14.7. The van der Waals surface area contributed by atoms with Crippen LogP contribution in [0.2, 0.25) is 0 Å². The van der Waals surface area contributed by atoms with Gasteiger partial charge in [0.15, 0.2) is 0 Å². The van der Waals surface area contributed by atoms with Crippen molar-refractivity contribution >= 4 is 13.7 Å². The number of methoxy groups -OCH3 is 1. The number of esters is 1. The Kier molecular flexibility index (Phi) is 7.06. The van der Waals surface area contributed by atoms with Crippen LogP contribution in [0.3, 0.4) is 0 Å². The molecule has 2 N–H and O–H groups in total. The lowest BCUT2D eigenvalue weighted by molar-refractivity contribution is -0.142. The van der Waals surface area contributed by atoms with Crippen molar-refractivity contribution in [2.75, 3.05) is 13.7 Å². The van der Waals surface area contributed by atoms with Crippen LogP contribution in [0.15, 0.2) is 30.3 Å². The van der Waals surface area contributed by atoms with E-state index in [0.717, 1.165) is 5.56 Å². The van der Waals surface area contributed by atoms with Gasteiger partial charge in [0.05, 0.1) is 26.2 Å². The van der Waals surface area contributed by atoms with Gasteiger partial charge in [0.1, 0.15) is 6.04 Å². The summed E-state index contributed by atoms with van der Waals surface area (Å²) >= 11 is 0. The summed E-state index contributed by atoms with van der Waals surface area (Å²) in [4.78, 5) is 21.3. The lowest BCUT2D eigenvalue weighted by Gasteiger charge is -2.20. The van der Waals surface area contributed by atoms with Gasteiger partial charge in [-0.2, -0.15) is 5.26 Å². The Bertz CT molecular complexity index is 543. The highest BCUT2D eigenvalue weighted by atomic mass is 31.2. The van der Waals surface area contributed by atoms with E-state index >= 15 is 0 Å². The van der Waals surface area contributed by atoms with E-state index in [9.17, 15) is 14.3 Å². The molecule has 0 amide bonds. The maximum absolute atomic E-state index is 11.8. The Labute approximate surface area is 123 Å². The van der Waals surface area contributed by atoms with Gasteiger partial charge in [0.2, 0.25) is 0 Å². The predicted octanol–water partition coefficient (Wildman–Crippen LogP) is 1.39. The molecule has 1 aromatic carbocycles. The summed E-state index contributed by atoms with van der Waals surface area (Å²) in [6.07, 6.45) is 0.160. The molecule has 0 spiro atoms. The fraction of sp³-hybridized carbons (Fsp3) is 0.385. The summed E-state index contributed by atoms with van der Waals surface area (Å²) in [6.45, 7) is -0.198. The lowest BCUT2D eigenvalue weighted by Crippen LogP contribution is -2.38. The van der Waals surface area contributed by atoms with E-state index in [1.54, 1.807) is 30.3 Å². The third-order valence-electron chi connectivity index (χ3n) is 2.57. The number of carbonyl (C=O) groups is 1. The Hall–Kier alpha value is -1.71. The first-order valence-electron chi connectivity index (χ1n) is 6.22. The summed E-state index contributed by atoms with van der Waals surface area (Å²) in [5.74, 6) is -0.669. The topological polar surface area (TPSA) is 109 Å². The number of hydrogen-bond donors (Lipinski definition) is 2. The van der Waals surface area contributed by atoms with Crippen molar-refractivity contribution in [3.05, 3.63) is 35.9 Å². The van der Waals surface area contributed by atoms with Crippen LogP contribution in [0.4, 0.5) is 0 Å². The molecular weight excluding hydrogens is 295 g/mol. The van der Waals surface area contributed by atoms with Gasteiger partial charge in [-0.15, -0.1) is 0 Å². The number of carbonyl (C=O) groups excluding carboxylic acids is 1. The van der Waals surface area contributed by atoms with E-state index in [2.05, 4.69) is 9.82 Å². The Balaban J connectivity index is 2.72. The number of benzene rings is 1. The molecule has 1 aromatic rings. The largest absolute Gasteiger partial charge is 0.468 e. The zero-order chi connectivity index (χ0) is 15.7. The van der Waals surface area contributed by atoms with Crippen molar-refractivity contribution in [1.29, 1.82) is 5.26 Å². The minimum Gasteiger partial charge on any atom is -0.468 e. The Morgan fingerprint density at radius 2 is 2.14 bits per heavy atom. The van der Waals surface area contributed by atoms with Gasteiger partial charge < -0.3 is 9.63 Å². The first-order chi connectivity index (χ1) is 9.98. The smallest absolute Gasteiger partial charge is 0.403 e. The van der Waals surface area contributed by atoms with Crippen LogP contribution in [0.25, 0.3) is 0 Å². The standard InChI is InChI=1S/C13H17N2O5P/c1-19-13(16)12(10-11-6-3-2-4-7-11)15-21(17,18)20-9-5-8-14/h2-4,6-7,12H,5,9-10H2,1H3,(H2,15,17,18). The first kappa shape index (κ1) is 17.3. The Morgan fingerprint density at radius 1 is 1.48 bits per heavy atom. The van der Waals surface area contributed by atoms with Crippen LogP contribution in [0, 0.1) is 11.3 Å². The summed E-state index contributed by atoms with van der Waals surface area (Å²) in [5.41, 5.74) is 0.803. The third-order valence-corrected chi connectivity index (χ3v) is 3.74. The molecule has 0 saturated heterocycles. The van der Waals surface area contributed by atoms with Gasteiger partial charge in [-0.05, 0) is 12.0 Å². The van der Waals surface area contributed by atoms with Crippen molar-refractivity contribution in [2.24, 2.45) is 0 Å². The van der Waals surface area contributed by atoms with E-state index in [0.29, 0.717) is 0 Å². The molecule has 0 aliphatic carbocycles. The van der Waals surface area contributed by atoms with Crippen molar-refractivity contribution < 1.29 is 23.5 Å². The number of ether oxygens (including phenoxy) is 1. The molecule has 2 atom stereocenters. The van der Waals surface area contributed by atoms with Crippen molar-refractivity contribution in [3.63, 3.8) is 0 Å². The zero-order valence-corrected chi connectivity index (χ0v) is 12.5. The van der Waals surface area contributed by atoms with Gasteiger partial charge in [0, 0.05) is 0 Å². The molecule has 7 nitrogen and oxygen atoms in total. The summed E-state index contributed by atoms with van der Waals surface area (Å²) in [6, 6.07) is 9.77. The van der Waals surface area contributed by atoms with Gasteiger partial charge in [-0.1, -0.05) is 30.3 Å². The van der Waals surface area contributed by atoms with E-state index in [-0.39, 0.29) is 19.4 Å². The van der Waals surface area contributed by atoms with Crippen molar-refractivity contribution in [2.45, 2.75) is 18.9 Å². The van der Waals surface area contributed by atoms with E-state index in [4.69, 9.17) is 9.79 Å². The van der Waals surface area contributed by atoms with Crippen molar-refractivity contribution in [3.8, 4) is 6.07 Å². The fourth-order valence-corrected chi connectivity index (χ4v) is 2.63.